The highest BCUT2D eigenvalue weighted by Crippen LogP contribution is 2.57. The van der Waals surface area contributed by atoms with Crippen molar-refractivity contribution in [3.8, 4) is 22.6 Å². The monoisotopic (exact) mass is 416 g/mol. The molecule has 0 saturated carbocycles. The van der Waals surface area contributed by atoms with E-state index in [2.05, 4.69) is 105 Å². The van der Waals surface area contributed by atoms with Gasteiger partial charge in [0, 0.05) is 45.4 Å². The maximum Gasteiger partial charge on any atom is 0.213 e. The van der Waals surface area contributed by atoms with Gasteiger partial charge in [0.2, 0.25) is 11.2 Å². The van der Waals surface area contributed by atoms with Gasteiger partial charge in [-0.25, -0.2) is 0 Å². The molecule has 2 aromatic heterocycles. The van der Waals surface area contributed by atoms with Gasteiger partial charge in [0.15, 0.2) is 6.04 Å². The molecule has 0 radical (unpaired) electrons. The zero-order valence-corrected chi connectivity index (χ0v) is 18.9. The molecule has 3 heterocycles. The molecule has 0 amide bonds. The average Bonchev–Trinajstić information content (AvgIpc) is 3.30. The van der Waals surface area contributed by atoms with Crippen molar-refractivity contribution in [3.63, 3.8) is 0 Å². The first-order chi connectivity index (χ1) is 15.5. The third-order valence-electron chi connectivity index (χ3n) is 8.08. The van der Waals surface area contributed by atoms with Crippen LogP contribution in [0.3, 0.4) is 0 Å². The van der Waals surface area contributed by atoms with Crippen LogP contribution in [0.5, 0.6) is 0 Å². The minimum Gasteiger partial charge on any atom is -0.456 e. The molecule has 0 spiro atoms. The molecular weight excluding hydrogens is 390 g/mol. The number of benzene rings is 3. The second kappa shape index (κ2) is 5.89. The zero-order chi connectivity index (χ0) is 21.8. The maximum absolute atomic E-state index is 6.46. The number of para-hydroxylation sites is 2. The van der Waals surface area contributed by atoms with Crippen molar-refractivity contribution < 1.29 is 8.98 Å². The number of aromatic nitrogens is 1. The first-order valence-corrected chi connectivity index (χ1v) is 11.6. The Bertz CT molecular complexity index is 1590. The molecular formula is C30H26NO+. The average molecular weight is 417 g/mol. The van der Waals surface area contributed by atoms with E-state index in [4.69, 9.17) is 4.42 Å². The van der Waals surface area contributed by atoms with Gasteiger partial charge in [0.1, 0.15) is 11.3 Å². The minimum atomic E-state index is -0.133. The highest BCUT2D eigenvalue weighted by molar-refractivity contribution is 5.97. The van der Waals surface area contributed by atoms with E-state index >= 15 is 0 Å². The topological polar surface area (TPSA) is 17.0 Å². The van der Waals surface area contributed by atoms with Crippen LogP contribution in [-0.2, 0) is 5.41 Å². The lowest BCUT2D eigenvalue weighted by Crippen LogP contribution is -2.46. The first kappa shape index (κ1) is 18.2. The van der Waals surface area contributed by atoms with Gasteiger partial charge in [0.25, 0.3) is 0 Å². The number of nitrogens with zero attached hydrogens (tertiary/aromatic N) is 1. The van der Waals surface area contributed by atoms with Gasteiger partial charge >= 0.3 is 0 Å². The summed E-state index contributed by atoms with van der Waals surface area (Å²) in [6, 6.07) is 26.9. The molecule has 2 atom stereocenters. The Balaban J connectivity index is 1.62. The lowest BCUT2D eigenvalue weighted by atomic mass is 9.74. The SMILES string of the molecule is CC1c2ccc3c(c2-c2ccc4ccccc4[n+]2C1C)C(C)(C)c1c-3oc2ccccc12. The van der Waals surface area contributed by atoms with E-state index in [1.54, 1.807) is 0 Å². The number of furan rings is 1. The summed E-state index contributed by atoms with van der Waals surface area (Å²) in [6.45, 7) is 9.48. The van der Waals surface area contributed by atoms with E-state index < -0.39 is 0 Å². The highest BCUT2D eigenvalue weighted by atomic mass is 16.3. The van der Waals surface area contributed by atoms with Crippen LogP contribution in [0, 0.1) is 0 Å². The number of hydrogen-bond donors (Lipinski definition) is 0. The molecule has 0 saturated heterocycles. The fourth-order valence-corrected chi connectivity index (χ4v) is 6.45. The van der Waals surface area contributed by atoms with Crippen LogP contribution in [0.2, 0.25) is 0 Å². The van der Waals surface area contributed by atoms with Gasteiger partial charge in [-0.15, -0.1) is 0 Å². The largest absolute Gasteiger partial charge is 0.456 e. The predicted molar refractivity (Wildman–Crippen MR) is 130 cm³/mol. The minimum absolute atomic E-state index is 0.133. The van der Waals surface area contributed by atoms with Crippen LogP contribution in [0.15, 0.2) is 77.2 Å². The zero-order valence-electron chi connectivity index (χ0n) is 18.9. The van der Waals surface area contributed by atoms with Gasteiger partial charge in [-0.05, 0) is 36.2 Å². The molecule has 0 bridgehead atoms. The molecule has 2 aliphatic rings. The van der Waals surface area contributed by atoms with E-state index in [0.29, 0.717) is 12.0 Å². The first-order valence-electron chi connectivity index (χ1n) is 11.6. The third kappa shape index (κ3) is 2.03. The molecule has 1 aliphatic carbocycles. The summed E-state index contributed by atoms with van der Waals surface area (Å²) in [5.41, 5.74) is 10.3. The predicted octanol–water partition coefficient (Wildman–Crippen LogP) is 7.52. The van der Waals surface area contributed by atoms with Crippen LogP contribution in [0.4, 0.5) is 0 Å². The van der Waals surface area contributed by atoms with E-state index in [1.807, 2.05) is 0 Å². The standard InChI is InChI=1S/C30H26NO/c1-17-18(2)31-23-11-7-5-9-19(23)13-16-24(31)26-20(17)14-15-22-27(26)30(3,4)28-21-10-6-8-12-25(21)32-29(22)28/h5-18H,1-4H3/q+1. The summed E-state index contributed by atoms with van der Waals surface area (Å²) < 4.78 is 9.03. The number of rotatable bonds is 0. The summed E-state index contributed by atoms with van der Waals surface area (Å²) in [5, 5.41) is 2.53. The molecule has 1 aliphatic heterocycles. The fraction of sp³-hybridized carbons (Fsp3) is 0.233. The van der Waals surface area contributed by atoms with Crippen molar-refractivity contribution in [2.24, 2.45) is 0 Å². The molecule has 156 valence electrons. The number of hydrogen-bond acceptors (Lipinski definition) is 1. The Morgan fingerprint density at radius 3 is 2.47 bits per heavy atom. The van der Waals surface area contributed by atoms with Gasteiger partial charge in [-0.2, -0.15) is 4.57 Å². The quantitative estimate of drug-likeness (QED) is 0.239. The fourth-order valence-electron chi connectivity index (χ4n) is 6.45. The Hall–Kier alpha value is -3.39. The second-order valence-corrected chi connectivity index (χ2v) is 10.1. The van der Waals surface area contributed by atoms with Crippen molar-refractivity contribution in [2.75, 3.05) is 0 Å². The van der Waals surface area contributed by atoms with Crippen molar-refractivity contribution in [3.05, 3.63) is 89.5 Å². The van der Waals surface area contributed by atoms with Crippen LogP contribution >= 0.6 is 0 Å². The third-order valence-corrected chi connectivity index (χ3v) is 8.08. The maximum atomic E-state index is 6.46. The molecule has 2 nitrogen and oxygen atoms in total. The van der Waals surface area contributed by atoms with Crippen LogP contribution in [-0.4, -0.2) is 0 Å². The Kier molecular flexibility index (Phi) is 3.35. The summed E-state index contributed by atoms with van der Waals surface area (Å²) >= 11 is 0. The van der Waals surface area contributed by atoms with Crippen molar-refractivity contribution in [1.29, 1.82) is 0 Å². The second-order valence-electron chi connectivity index (χ2n) is 10.1. The Morgan fingerprint density at radius 2 is 1.59 bits per heavy atom. The summed E-state index contributed by atoms with van der Waals surface area (Å²) in [4.78, 5) is 0. The van der Waals surface area contributed by atoms with Crippen molar-refractivity contribution in [2.45, 2.75) is 45.1 Å². The number of fused-ring (bicyclic) bond motifs is 11. The van der Waals surface area contributed by atoms with Crippen LogP contribution in [0.25, 0.3) is 44.5 Å². The van der Waals surface area contributed by atoms with Gasteiger partial charge in [0.05, 0.1) is 5.56 Å². The number of pyridine rings is 1. The lowest BCUT2D eigenvalue weighted by molar-refractivity contribution is -0.689. The van der Waals surface area contributed by atoms with Crippen molar-refractivity contribution in [1.82, 2.24) is 0 Å². The van der Waals surface area contributed by atoms with Crippen LogP contribution < -0.4 is 4.57 Å². The molecule has 7 rings (SSSR count). The van der Waals surface area contributed by atoms with Gasteiger partial charge in [-0.3, -0.25) is 0 Å². The molecule has 2 heteroatoms. The Morgan fingerprint density at radius 1 is 0.812 bits per heavy atom. The van der Waals surface area contributed by atoms with E-state index in [-0.39, 0.29) is 5.41 Å². The Labute approximate surface area is 188 Å². The molecule has 5 aromatic rings. The highest BCUT2D eigenvalue weighted by Gasteiger charge is 2.47. The van der Waals surface area contributed by atoms with Gasteiger partial charge < -0.3 is 4.42 Å². The van der Waals surface area contributed by atoms with E-state index in [1.165, 1.54) is 49.8 Å². The van der Waals surface area contributed by atoms with E-state index in [0.717, 1.165) is 11.3 Å². The van der Waals surface area contributed by atoms with E-state index in [9.17, 15) is 0 Å². The molecule has 0 N–H and O–H groups in total. The van der Waals surface area contributed by atoms with Gasteiger partial charge in [-0.1, -0.05) is 63.2 Å². The molecule has 2 unspecified atom stereocenters. The summed E-state index contributed by atoms with van der Waals surface area (Å²) in [5.74, 6) is 1.48. The molecule has 0 fully saturated rings. The summed E-state index contributed by atoms with van der Waals surface area (Å²) in [6.07, 6.45) is 0. The van der Waals surface area contributed by atoms with Crippen molar-refractivity contribution >= 4 is 21.9 Å². The normalized spacial score (nSPS) is 20.1. The smallest absolute Gasteiger partial charge is 0.213 e. The lowest BCUT2D eigenvalue weighted by Gasteiger charge is -2.31. The summed E-state index contributed by atoms with van der Waals surface area (Å²) in [7, 11) is 0. The molecule has 3 aromatic carbocycles. The molecule has 32 heavy (non-hydrogen) atoms. The van der Waals surface area contributed by atoms with Crippen LogP contribution in [0.1, 0.15) is 56.3 Å².